The molecule has 11 heteroatoms. The number of carbonyl (C=O) groups excluding carboxylic acids is 2. The van der Waals surface area contributed by atoms with E-state index in [4.69, 9.17) is 18.6 Å². The minimum atomic E-state index is -4.10. The molecular weight excluding hydrogens is 440 g/mol. The third kappa shape index (κ3) is 4.44. The molecule has 2 aliphatic heterocycles. The summed E-state index contributed by atoms with van der Waals surface area (Å²) in [5.41, 5.74) is 0. The van der Waals surface area contributed by atoms with Crippen molar-refractivity contribution in [3.63, 3.8) is 0 Å². The molecule has 10 nitrogen and oxygen atoms in total. The van der Waals surface area contributed by atoms with Crippen LogP contribution in [-0.2, 0) is 19.6 Å². The van der Waals surface area contributed by atoms with E-state index in [0.717, 1.165) is 4.31 Å². The molecule has 2 aliphatic rings. The van der Waals surface area contributed by atoms with Crippen LogP contribution in [0.1, 0.15) is 30.3 Å². The fraction of sp³-hybridized carbons (Fsp3) is 0.429. The molecule has 1 N–H and O–H groups in total. The first-order valence-electron chi connectivity index (χ1n) is 10.3. The number of ether oxygens (including phenoxy) is 3. The van der Waals surface area contributed by atoms with Gasteiger partial charge in [-0.15, -0.1) is 0 Å². The highest BCUT2D eigenvalue weighted by Crippen LogP contribution is 2.31. The van der Waals surface area contributed by atoms with Gasteiger partial charge in [-0.25, -0.2) is 13.2 Å². The minimum absolute atomic E-state index is 0.136. The Morgan fingerprint density at radius 1 is 1.19 bits per heavy atom. The summed E-state index contributed by atoms with van der Waals surface area (Å²) in [5, 5.41) is 2.36. The molecule has 1 saturated heterocycles. The predicted molar refractivity (Wildman–Crippen MR) is 111 cm³/mol. The molecule has 1 fully saturated rings. The number of nitrogens with one attached hydrogen (secondary N) is 1. The number of amides is 1. The molecule has 2 unspecified atom stereocenters. The molecule has 2 atom stereocenters. The maximum absolute atomic E-state index is 13.0. The van der Waals surface area contributed by atoms with Crippen molar-refractivity contribution in [2.24, 2.45) is 0 Å². The summed E-state index contributed by atoms with van der Waals surface area (Å²) >= 11 is 0. The number of hydrogen-bond donors (Lipinski definition) is 1. The highest BCUT2D eigenvalue weighted by atomic mass is 32.2. The van der Waals surface area contributed by atoms with Crippen LogP contribution in [0.4, 0.5) is 0 Å². The van der Waals surface area contributed by atoms with Crippen LogP contribution in [0.3, 0.4) is 0 Å². The van der Waals surface area contributed by atoms with Gasteiger partial charge in [-0.2, -0.15) is 4.31 Å². The predicted octanol–water partition coefficient (Wildman–Crippen LogP) is 1.57. The third-order valence-corrected chi connectivity index (χ3v) is 6.98. The molecule has 1 aromatic carbocycles. The van der Waals surface area contributed by atoms with E-state index in [2.05, 4.69) is 5.32 Å². The van der Waals surface area contributed by atoms with Gasteiger partial charge in [-0.05, 0) is 44.0 Å². The Hall–Kier alpha value is -3.05. The number of rotatable bonds is 7. The van der Waals surface area contributed by atoms with Gasteiger partial charge in [0.15, 0.2) is 11.5 Å². The van der Waals surface area contributed by atoms with E-state index in [1.54, 1.807) is 19.1 Å². The van der Waals surface area contributed by atoms with Crippen molar-refractivity contribution in [2.45, 2.75) is 37.0 Å². The van der Waals surface area contributed by atoms with Crippen LogP contribution in [-0.4, -0.2) is 63.0 Å². The van der Waals surface area contributed by atoms with Crippen LogP contribution < -0.4 is 14.8 Å². The lowest BCUT2D eigenvalue weighted by Gasteiger charge is -2.27. The zero-order valence-corrected chi connectivity index (χ0v) is 18.3. The fourth-order valence-electron chi connectivity index (χ4n) is 3.67. The van der Waals surface area contributed by atoms with Gasteiger partial charge in [0.1, 0.15) is 18.8 Å². The summed E-state index contributed by atoms with van der Waals surface area (Å²) in [6, 6.07) is 8.80. The van der Waals surface area contributed by atoms with E-state index in [1.807, 2.05) is 12.1 Å². The van der Waals surface area contributed by atoms with Gasteiger partial charge < -0.3 is 23.9 Å². The van der Waals surface area contributed by atoms with Crippen molar-refractivity contribution in [3.8, 4) is 11.5 Å². The molecule has 4 rings (SSSR count). The Morgan fingerprint density at radius 2 is 1.97 bits per heavy atom. The maximum atomic E-state index is 13.0. The number of benzene rings is 1. The quantitative estimate of drug-likeness (QED) is 0.613. The van der Waals surface area contributed by atoms with Gasteiger partial charge in [-0.1, -0.05) is 12.1 Å². The van der Waals surface area contributed by atoms with Crippen molar-refractivity contribution in [2.75, 3.05) is 26.3 Å². The number of carbonyl (C=O) groups is 2. The molecule has 1 aromatic heterocycles. The second-order valence-electron chi connectivity index (χ2n) is 7.36. The van der Waals surface area contributed by atoms with Crippen molar-refractivity contribution >= 4 is 21.9 Å². The standard InChI is InChI=1S/C21H24N2O8S/c1-2-28-21(25)18-9-10-19(31-18)32(26,27)23-11-5-6-15(23)20(24)22-12-14-13-29-16-7-3-4-8-17(16)30-14/h3-4,7-10,14-15H,2,5-6,11-13H2,1H3,(H,22,24). The van der Waals surface area contributed by atoms with Crippen molar-refractivity contribution in [1.82, 2.24) is 9.62 Å². The monoisotopic (exact) mass is 464 g/mol. The van der Waals surface area contributed by atoms with E-state index in [0.29, 0.717) is 24.3 Å². The van der Waals surface area contributed by atoms with E-state index >= 15 is 0 Å². The molecule has 2 aromatic rings. The number of nitrogens with zero attached hydrogens (tertiary/aromatic N) is 1. The van der Waals surface area contributed by atoms with Crippen molar-refractivity contribution in [1.29, 1.82) is 0 Å². The zero-order chi connectivity index (χ0) is 22.7. The summed E-state index contributed by atoms with van der Waals surface area (Å²) in [6.45, 7) is 2.39. The Bertz CT molecular complexity index is 1100. The van der Waals surface area contributed by atoms with Crippen LogP contribution in [0.25, 0.3) is 0 Å². The van der Waals surface area contributed by atoms with Gasteiger partial charge in [-0.3, -0.25) is 4.79 Å². The smallest absolute Gasteiger partial charge is 0.374 e. The van der Waals surface area contributed by atoms with Gasteiger partial charge >= 0.3 is 5.97 Å². The molecule has 0 saturated carbocycles. The molecule has 0 bridgehead atoms. The molecule has 0 radical (unpaired) electrons. The Balaban J connectivity index is 1.39. The van der Waals surface area contributed by atoms with Crippen LogP contribution in [0.2, 0.25) is 0 Å². The topological polar surface area (TPSA) is 124 Å². The number of para-hydroxylation sites is 2. The van der Waals surface area contributed by atoms with Crippen LogP contribution in [0, 0.1) is 0 Å². The summed E-state index contributed by atoms with van der Waals surface area (Å²) in [5.74, 6) is -0.144. The summed E-state index contributed by atoms with van der Waals surface area (Å²) in [4.78, 5) is 24.6. The second-order valence-corrected chi connectivity index (χ2v) is 9.18. The SMILES string of the molecule is CCOC(=O)c1ccc(S(=O)(=O)N2CCCC2C(=O)NCC2COc3ccccc3O2)o1. The average molecular weight is 464 g/mol. The molecule has 0 spiro atoms. The maximum Gasteiger partial charge on any atom is 0.374 e. The van der Waals surface area contributed by atoms with Gasteiger partial charge in [0, 0.05) is 6.54 Å². The number of furan rings is 1. The lowest BCUT2D eigenvalue weighted by Crippen LogP contribution is -2.49. The van der Waals surface area contributed by atoms with E-state index in [9.17, 15) is 18.0 Å². The van der Waals surface area contributed by atoms with E-state index in [1.165, 1.54) is 12.1 Å². The van der Waals surface area contributed by atoms with Gasteiger partial charge in [0.05, 0.1) is 13.2 Å². The molecule has 3 heterocycles. The highest BCUT2D eigenvalue weighted by Gasteiger charge is 2.41. The van der Waals surface area contributed by atoms with Gasteiger partial charge in [0.2, 0.25) is 16.8 Å². The van der Waals surface area contributed by atoms with Gasteiger partial charge in [0.25, 0.3) is 10.0 Å². The minimum Gasteiger partial charge on any atom is -0.486 e. The van der Waals surface area contributed by atoms with Crippen LogP contribution >= 0.6 is 0 Å². The molecule has 0 aliphatic carbocycles. The summed E-state index contributed by atoms with van der Waals surface area (Å²) in [6.07, 6.45) is 0.512. The molecular formula is C21H24N2O8S. The van der Waals surface area contributed by atoms with Crippen molar-refractivity contribution < 1.29 is 36.6 Å². The molecule has 32 heavy (non-hydrogen) atoms. The number of sulfonamides is 1. The molecule has 172 valence electrons. The Kier molecular flexibility index (Phi) is 6.38. The first-order chi connectivity index (χ1) is 15.4. The number of fused-ring (bicyclic) bond motifs is 1. The van der Waals surface area contributed by atoms with Crippen LogP contribution in [0.5, 0.6) is 11.5 Å². The first kappa shape index (κ1) is 22.2. The average Bonchev–Trinajstić information content (AvgIpc) is 3.48. The zero-order valence-electron chi connectivity index (χ0n) is 17.5. The highest BCUT2D eigenvalue weighted by molar-refractivity contribution is 7.89. The van der Waals surface area contributed by atoms with E-state index < -0.39 is 39.1 Å². The largest absolute Gasteiger partial charge is 0.486 e. The van der Waals surface area contributed by atoms with Crippen molar-refractivity contribution in [3.05, 3.63) is 42.2 Å². The molecule has 1 amide bonds. The van der Waals surface area contributed by atoms with E-state index in [-0.39, 0.29) is 32.1 Å². The normalized spacial score (nSPS) is 20.7. The first-order valence-corrected chi connectivity index (χ1v) is 11.8. The third-order valence-electron chi connectivity index (χ3n) is 5.20. The number of hydrogen-bond acceptors (Lipinski definition) is 8. The lowest BCUT2D eigenvalue weighted by atomic mass is 10.2. The summed E-state index contributed by atoms with van der Waals surface area (Å²) < 4.78 is 48.7. The second kappa shape index (κ2) is 9.21. The number of esters is 1. The fourth-order valence-corrected chi connectivity index (χ4v) is 5.24. The van der Waals surface area contributed by atoms with Crippen LogP contribution in [0.15, 0.2) is 45.9 Å². The summed E-state index contributed by atoms with van der Waals surface area (Å²) in [7, 11) is -4.10. The lowest BCUT2D eigenvalue weighted by molar-refractivity contribution is -0.124. The Labute approximate surface area is 185 Å². The Morgan fingerprint density at radius 3 is 2.75 bits per heavy atom.